The van der Waals surface area contributed by atoms with E-state index in [1.807, 2.05) is 6.92 Å². The van der Waals surface area contributed by atoms with Gasteiger partial charge in [-0.25, -0.2) is 18.7 Å². The molecule has 3 nitrogen and oxygen atoms in total. The Kier molecular flexibility index (Phi) is 4.28. The number of anilines is 1. The SMILES string of the molecule is CNc1nc(Cc2ccc(F)cc2F)nc(C)c1I. The first-order chi connectivity index (χ1) is 9.01. The van der Waals surface area contributed by atoms with Gasteiger partial charge in [0.1, 0.15) is 23.3 Å². The molecule has 0 atom stereocenters. The minimum Gasteiger partial charge on any atom is -0.372 e. The number of nitrogens with zero attached hydrogens (tertiary/aromatic N) is 2. The molecule has 0 saturated carbocycles. The average Bonchev–Trinajstić information content (AvgIpc) is 2.37. The van der Waals surface area contributed by atoms with E-state index in [-0.39, 0.29) is 6.42 Å². The van der Waals surface area contributed by atoms with Crippen LogP contribution in [0.3, 0.4) is 0 Å². The lowest BCUT2D eigenvalue weighted by atomic mass is 10.1. The van der Waals surface area contributed by atoms with Crippen molar-refractivity contribution in [3.05, 3.63) is 50.5 Å². The molecule has 0 aliphatic heterocycles. The molecular formula is C13H12F2IN3. The van der Waals surface area contributed by atoms with E-state index in [0.29, 0.717) is 17.2 Å². The number of aromatic nitrogens is 2. The molecule has 0 saturated heterocycles. The first kappa shape index (κ1) is 14.1. The van der Waals surface area contributed by atoms with E-state index in [1.165, 1.54) is 12.1 Å². The Hall–Kier alpha value is -1.31. The zero-order valence-electron chi connectivity index (χ0n) is 10.5. The number of hydrogen-bond donors (Lipinski definition) is 1. The fourth-order valence-electron chi connectivity index (χ4n) is 1.70. The van der Waals surface area contributed by atoms with Crippen LogP contribution < -0.4 is 5.32 Å². The van der Waals surface area contributed by atoms with Gasteiger partial charge < -0.3 is 5.32 Å². The minimum absolute atomic E-state index is 0.235. The number of benzene rings is 1. The Morgan fingerprint density at radius 2 is 2.00 bits per heavy atom. The van der Waals surface area contributed by atoms with Crippen molar-refractivity contribution in [2.45, 2.75) is 13.3 Å². The first-order valence-corrected chi connectivity index (χ1v) is 6.74. The normalized spacial score (nSPS) is 10.6. The van der Waals surface area contributed by atoms with Gasteiger partial charge in [-0.1, -0.05) is 6.07 Å². The Balaban J connectivity index is 2.35. The molecule has 1 N–H and O–H groups in total. The zero-order chi connectivity index (χ0) is 14.0. The van der Waals surface area contributed by atoms with Crippen molar-refractivity contribution < 1.29 is 8.78 Å². The third kappa shape index (κ3) is 3.17. The Morgan fingerprint density at radius 1 is 1.26 bits per heavy atom. The summed E-state index contributed by atoms with van der Waals surface area (Å²) in [5, 5.41) is 2.97. The standard InChI is InChI=1S/C13H12F2IN3/c1-7-12(16)13(17-2)19-11(18-7)5-8-3-4-9(14)6-10(8)15/h3-4,6H,5H2,1-2H3,(H,17,18,19). The molecule has 1 heterocycles. The van der Waals surface area contributed by atoms with Crippen LogP contribution in [-0.4, -0.2) is 17.0 Å². The van der Waals surface area contributed by atoms with Crippen LogP contribution in [0.1, 0.15) is 17.1 Å². The van der Waals surface area contributed by atoms with E-state index in [0.717, 1.165) is 15.3 Å². The second-order valence-electron chi connectivity index (χ2n) is 4.05. The predicted octanol–water partition coefficient (Wildman–Crippen LogP) is 3.30. The quantitative estimate of drug-likeness (QED) is 0.837. The molecule has 6 heteroatoms. The molecule has 0 radical (unpaired) electrons. The largest absolute Gasteiger partial charge is 0.372 e. The van der Waals surface area contributed by atoms with Gasteiger partial charge in [0.25, 0.3) is 0 Å². The van der Waals surface area contributed by atoms with E-state index in [2.05, 4.69) is 37.9 Å². The van der Waals surface area contributed by atoms with Crippen molar-refractivity contribution in [2.24, 2.45) is 0 Å². The molecule has 19 heavy (non-hydrogen) atoms. The molecule has 0 unspecified atom stereocenters. The molecule has 0 spiro atoms. The van der Waals surface area contributed by atoms with Crippen LogP contribution >= 0.6 is 22.6 Å². The molecule has 0 aliphatic carbocycles. The van der Waals surface area contributed by atoms with Crippen molar-refractivity contribution in [3.63, 3.8) is 0 Å². The van der Waals surface area contributed by atoms with Crippen LogP contribution in [0, 0.1) is 22.1 Å². The maximum absolute atomic E-state index is 13.6. The maximum atomic E-state index is 13.6. The van der Waals surface area contributed by atoms with Crippen molar-refractivity contribution >= 4 is 28.4 Å². The van der Waals surface area contributed by atoms with Gasteiger partial charge in [-0.15, -0.1) is 0 Å². The van der Waals surface area contributed by atoms with Crippen LogP contribution in [0.2, 0.25) is 0 Å². The highest BCUT2D eigenvalue weighted by atomic mass is 127. The number of nitrogens with one attached hydrogen (secondary N) is 1. The van der Waals surface area contributed by atoms with E-state index in [1.54, 1.807) is 7.05 Å². The van der Waals surface area contributed by atoms with Gasteiger partial charge in [0.2, 0.25) is 0 Å². The molecule has 0 bridgehead atoms. The van der Waals surface area contributed by atoms with Crippen LogP contribution in [0.25, 0.3) is 0 Å². The molecule has 2 aromatic rings. The van der Waals surface area contributed by atoms with Gasteiger partial charge in [-0.3, -0.25) is 0 Å². The van der Waals surface area contributed by atoms with Crippen LogP contribution in [0.15, 0.2) is 18.2 Å². The van der Waals surface area contributed by atoms with Crippen molar-refractivity contribution in [3.8, 4) is 0 Å². The fraction of sp³-hybridized carbons (Fsp3) is 0.231. The summed E-state index contributed by atoms with van der Waals surface area (Å²) in [6.45, 7) is 1.87. The molecule has 1 aromatic carbocycles. The predicted molar refractivity (Wildman–Crippen MR) is 78.2 cm³/mol. The molecule has 0 aliphatic rings. The third-order valence-corrected chi connectivity index (χ3v) is 3.96. The highest BCUT2D eigenvalue weighted by molar-refractivity contribution is 14.1. The molecular weight excluding hydrogens is 363 g/mol. The third-order valence-electron chi connectivity index (χ3n) is 2.66. The monoisotopic (exact) mass is 375 g/mol. The fourth-order valence-corrected chi connectivity index (χ4v) is 2.21. The lowest BCUT2D eigenvalue weighted by Gasteiger charge is -2.09. The van der Waals surface area contributed by atoms with Gasteiger partial charge in [-0.2, -0.15) is 0 Å². The number of aryl methyl sites for hydroxylation is 1. The summed E-state index contributed by atoms with van der Waals surface area (Å²) in [7, 11) is 1.77. The van der Waals surface area contributed by atoms with E-state index in [4.69, 9.17) is 0 Å². The van der Waals surface area contributed by atoms with Crippen LogP contribution in [0.4, 0.5) is 14.6 Å². The van der Waals surface area contributed by atoms with E-state index in [9.17, 15) is 8.78 Å². The van der Waals surface area contributed by atoms with Gasteiger partial charge in [-0.05, 0) is 41.1 Å². The number of halogens is 3. The summed E-state index contributed by atoms with van der Waals surface area (Å²) in [6.07, 6.45) is 0.235. The molecule has 0 amide bonds. The maximum Gasteiger partial charge on any atom is 0.143 e. The second kappa shape index (κ2) is 5.77. The molecule has 0 fully saturated rings. The van der Waals surface area contributed by atoms with Gasteiger partial charge in [0, 0.05) is 19.5 Å². The first-order valence-electron chi connectivity index (χ1n) is 5.66. The highest BCUT2D eigenvalue weighted by Crippen LogP contribution is 2.20. The second-order valence-corrected chi connectivity index (χ2v) is 5.13. The lowest BCUT2D eigenvalue weighted by molar-refractivity contribution is 0.573. The van der Waals surface area contributed by atoms with Gasteiger partial charge >= 0.3 is 0 Å². The Morgan fingerprint density at radius 3 is 2.63 bits per heavy atom. The van der Waals surface area contributed by atoms with E-state index < -0.39 is 11.6 Å². The summed E-state index contributed by atoms with van der Waals surface area (Å²) in [4.78, 5) is 8.64. The zero-order valence-corrected chi connectivity index (χ0v) is 12.6. The summed E-state index contributed by atoms with van der Waals surface area (Å²) >= 11 is 2.15. The van der Waals surface area contributed by atoms with Crippen molar-refractivity contribution in [1.82, 2.24) is 9.97 Å². The summed E-state index contributed by atoms with van der Waals surface area (Å²) in [5.41, 5.74) is 1.21. The highest BCUT2D eigenvalue weighted by Gasteiger charge is 2.11. The topological polar surface area (TPSA) is 37.8 Å². The van der Waals surface area contributed by atoms with Crippen molar-refractivity contribution in [1.29, 1.82) is 0 Å². The van der Waals surface area contributed by atoms with Crippen LogP contribution in [0.5, 0.6) is 0 Å². The summed E-state index contributed by atoms with van der Waals surface area (Å²) in [6, 6.07) is 3.52. The van der Waals surface area contributed by atoms with Crippen LogP contribution in [-0.2, 0) is 6.42 Å². The molecule has 1 aromatic heterocycles. The summed E-state index contributed by atoms with van der Waals surface area (Å²) < 4.78 is 27.4. The summed E-state index contributed by atoms with van der Waals surface area (Å²) in [5.74, 6) is 0.0566. The number of rotatable bonds is 3. The van der Waals surface area contributed by atoms with Gasteiger partial charge in [0.05, 0.1) is 9.26 Å². The average molecular weight is 375 g/mol. The van der Waals surface area contributed by atoms with Gasteiger partial charge in [0.15, 0.2) is 0 Å². The van der Waals surface area contributed by atoms with E-state index >= 15 is 0 Å². The molecule has 100 valence electrons. The van der Waals surface area contributed by atoms with Crippen molar-refractivity contribution in [2.75, 3.05) is 12.4 Å². The number of hydrogen-bond acceptors (Lipinski definition) is 3. The smallest absolute Gasteiger partial charge is 0.143 e. The lowest BCUT2D eigenvalue weighted by Crippen LogP contribution is -2.06. The minimum atomic E-state index is -0.586. The Labute approximate surface area is 123 Å². The Bertz CT molecular complexity index is 617. The molecule has 2 rings (SSSR count).